The Hall–Kier alpha value is -3.45. The zero-order valence-electron chi connectivity index (χ0n) is 15.5. The van der Waals surface area contributed by atoms with Crippen LogP contribution in [0.25, 0.3) is 11.3 Å². The SMILES string of the molecule is N#Cc1c(C(F)(F)F)cc(-c2ccc(F)cc2)nc1SCC(=O)Nc1ccccc1F. The summed E-state index contributed by atoms with van der Waals surface area (Å²) in [4.78, 5) is 16.2. The molecule has 1 N–H and O–H groups in total. The van der Waals surface area contributed by atoms with Crippen molar-refractivity contribution in [2.45, 2.75) is 11.2 Å². The van der Waals surface area contributed by atoms with E-state index in [-0.39, 0.29) is 22.0 Å². The molecule has 1 amide bonds. The van der Waals surface area contributed by atoms with Crippen molar-refractivity contribution in [3.63, 3.8) is 0 Å². The molecule has 3 rings (SSSR count). The number of nitriles is 1. The Labute approximate surface area is 177 Å². The fourth-order valence-corrected chi connectivity index (χ4v) is 3.41. The molecule has 0 saturated carbocycles. The van der Waals surface area contributed by atoms with Crippen LogP contribution in [-0.2, 0) is 11.0 Å². The van der Waals surface area contributed by atoms with E-state index in [1.54, 1.807) is 0 Å². The van der Waals surface area contributed by atoms with Gasteiger partial charge in [-0.15, -0.1) is 0 Å². The lowest BCUT2D eigenvalue weighted by atomic mass is 10.1. The Balaban J connectivity index is 1.93. The van der Waals surface area contributed by atoms with Gasteiger partial charge in [0.05, 0.1) is 28.3 Å². The van der Waals surface area contributed by atoms with Crippen molar-refractivity contribution in [3.05, 3.63) is 77.4 Å². The third kappa shape index (κ3) is 5.38. The van der Waals surface area contributed by atoms with Gasteiger partial charge in [0.15, 0.2) is 0 Å². The summed E-state index contributed by atoms with van der Waals surface area (Å²) in [6.07, 6.45) is -4.85. The lowest BCUT2D eigenvalue weighted by Gasteiger charge is -2.14. The van der Waals surface area contributed by atoms with Crippen LogP contribution in [-0.4, -0.2) is 16.6 Å². The number of carbonyl (C=O) groups excluding carboxylic acids is 1. The van der Waals surface area contributed by atoms with Crippen LogP contribution in [0.2, 0.25) is 0 Å². The summed E-state index contributed by atoms with van der Waals surface area (Å²) in [7, 11) is 0. The first-order valence-electron chi connectivity index (χ1n) is 8.64. The highest BCUT2D eigenvalue weighted by Crippen LogP contribution is 2.38. The van der Waals surface area contributed by atoms with Gasteiger partial charge in [0.25, 0.3) is 0 Å². The molecule has 10 heteroatoms. The van der Waals surface area contributed by atoms with E-state index >= 15 is 0 Å². The normalized spacial score (nSPS) is 11.1. The van der Waals surface area contributed by atoms with E-state index in [0.717, 1.165) is 18.2 Å². The number of para-hydroxylation sites is 1. The number of carbonyl (C=O) groups is 1. The van der Waals surface area contributed by atoms with Crippen molar-refractivity contribution < 1.29 is 26.7 Å². The number of anilines is 1. The molecule has 1 aromatic heterocycles. The van der Waals surface area contributed by atoms with Gasteiger partial charge in [-0.3, -0.25) is 4.79 Å². The molecule has 0 atom stereocenters. The fourth-order valence-electron chi connectivity index (χ4n) is 2.61. The van der Waals surface area contributed by atoms with Gasteiger partial charge in [0, 0.05) is 5.56 Å². The van der Waals surface area contributed by atoms with Gasteiger partial charge in [-0.1, -0.05) is 23.9 Å². The number of amides is 1. The van der Waals surface area contributed by atoms with Crippen molar-refractivity contribution in [2.75, 3.05) is 11.1 Å². The average molecular weight is 449 g/mol. The Kier molecular flexibility index (Phi) is 6.56. The van der Waals surface area contributed by atoms with Gasteiger partial charge >= 0.3 is 6.18 Å². The molecular formula is C21H12F5N3OS. The van der Waals surface area contributed by atoms with Crippen LogP contribution >= 0.6 is 11.8 Å². The van der Waals surface area contributed by atoms with Gasteiger partial charge < -0.3 is 5.32 Å². The summed E-state index contributed by atoms with van der Waals surface area (Å²) in [5.74, 6) is -2.36. The minimum absolute atomic E-state index is 0.0855. The van der Waals surface area contributed by atoms with E-state index in [2.05, 4.69) is 10.3 Å². The number of hydrogen-bond donors (Lipinski definition) is 1. The highest BCUT2D eigenvalue weighted by atomic mass is 32.2. The largest absolute Gasteiger partial charge is 0.417 e. The number of pyridine rings is 1. The molecule has 31 heavy (non-hydrogen) atoms. The molecule has 0 aliphatic carbocycles. The minimum Gasteiger partial charge on any atom is -0.323 e. The summed E-state index contributed by atoms with van der Waals surface area (Å²) in [6, 6.07) is 12.2. The molecule has 0 bridgehead atoms. The molecule has 158 valence electrons. The van der Waals surface area contributed by atoms with Crippen LogP contribution in [0.5, 0.6) is 0 Å². The zero-order valence-corrected chi connectivity index (χ0v) is 16.3. The number of benzene rings is 2. The van der Waals surface area contributed by atoms with E-state index in [0.29, 0.717) is 17.8 Å². The number of aromatic nitrogens is 1. The summed E-state index contributed by atoms with van der Waals surface area (Å²) >= 11 is 0.605. The predicted octanol–water partition coefficient (Wildman–Crippen LogP) is 5.65. The maximum absolute atomic E-state index is 13.7. The summed E-state index contributed by atoms with van der Waals surface area (Å²) in [5.41, 5.74) is -1.97. The van der Waals surface area contributed by atoms with Crippen LogP contribution in [0.15, 0.2) is 59.6 Å². The molecule has 1 heterocycles. The molecule has 3 aromatic rings. The molecule has 0 spiro atoms. The van der Waals surface area contributed by atoms with Gasteiger partial charge in [-0.05, 0) is 42.5 Å². The molecule has 0 aliphatic heterocycles. The maximum atomic E-state index is 13.7. The number of hydrogen-bond acceptors (Lipinski definition) is 4. The second-order valence-electron chi connectivity index (χ2n) is 6.17. The van der Waals surface area contributed by atoms with Crippen molar-refractivity contribution >= 4 is 23.4 Å². The molecular weight excluding hydrogens is 437 g/mol. The van der Waals surface area contributed by atoms with Crippen LogP contribution in [0.3, 0.4) is 0 Å². The zero-order chi connectivity index (χ0) is 22.6. The lowest BCUT2D eigenvalue weighted by molar-refractivity contribution is -0.138. The van der Waals surface area contributed by atoms with E-state index in [4.69, 9.17) is 0 Å². The minimum atomic E-state index is -4.85. The smallest absolute Gasteiger partial charge is 0.323 e. The van der Waals surface area contributed by atoms with Gasteiger partial charge in [0.2, 0.25) is 5.91 Å². The van der Waals surface area contributed by atoms with E-state index in [1.807, 2.05) is 0 Å². The highest BCUT2D eigenvalue weighted by Gasteiger charge is 2.36. The summed E-state index contributed by atoms with van der Waals surface area (Å²) in [6.45, 7) is 0. The molecule has 2 aromatic carbocycles. The number of nitrogens with one attached hydrogen (secondary N) is 1. The predicted molar refractivity (Wildman–Crippen MR) is 105 cm³/mol. The lowest BCUT2D eigenvalue weighted by Crippen LogP contribution is -2.16. The Morgan fingerprint density at radius 2 is 1.77 bits per heavy atom. The first kappa shape index (κ1) is 22.2. The van der Waals surface area contributed by atoms with Crippen molar-refractivity contribution in [1.29, 1.82) is 5.26 Å². The topological polar surface area (TPSA) is 65.8 Å². The van der Waals surface area contributed by atoms with Crippen molar-refractivity contribution in [1.82, 2.24) is 4.98 Å². The number of rotatable bonds is 5. The van der Waals surface area contributed by atoms with Crippen molar-refractivity contribution in [2.24, 2.45) is 0 Å². The Bertz CT molecular complexity index is 1160. The third-order valence-electron chi connectivity index (χ3n) is 4.03. The van der Waals surface area contributed by atoms with Gasteiger partial charge in [-0.25, -0.2) is 13.8 Å². The van der Waals surface area contributed by atoms with Crippen molar-refractivity contribution in [3.8, 4) is 17.3 Å². The standard InChI is InChI=1S/C21H12F5N3OS/c22-13-7-5-12(6-8-13)18-9-15(21(24,25)26)14(10-27)20(29-18)31-11-19(30)28-17-4-2-1-3-16(17)23/h1-9H,11H2,(H,28,30). The molecule has 0 radical (unpaired) electrons. The Morgan fingerprint density at radius 3 is 2.39 bits per heavy atom. The second-order valence-corrected chi connectivity index (χ2v) is 7.13. The summed E-state index contributed by atoms with van der Waals surface area (Å²) < 4.78 is 67.4. The van der Waals surface area contributed by atoms with Crippen LogP contribution in [0.1, 0.15) is 11.1 Å². The highest BCUT2D eigenvalue weighted by molar-refractivity contribution is 8.00. The number of thioether (sulfide) groups is 1. The quantitative estimate of drug-likeness (QED) is 0.404. The first-order valence-corrected chi connectivity index (χ1v) is 9.63. The third-order valence-corrected chi connectivity index (χ3v) is 5.01. The van der Waals surface area contributed by atoms with Crippen LogP contribution < -0.4 is 5.32 Å². The van der Waals surface area contributed by atoms with Crippen LogP contribution in [0.4, 0.5) is 27.6 Å². The summed E-state index contributed by atoms with van der Waals surface area (Å²) in [5, 5.41) is 11.3. The fraction of sp³-hybridized carbons (Fsp3) is 0.0952. The van der Waals surface area contributed by atoms with E-state index in [9.17, 15) is 32.0 Å². The maximum Gasteiger partial charge on any atom is 0.417 e. The number of alkyl halides is 3. The molecule has 0 saturated heterocycles. The van der Waals surface area contributed by atoms with Gasteiger partial charge in [0.1, 0.15) is 22.7 Å². The monoisotopic (exact) mass is 449 g/mol. The second kappa shape index (κ2) is 9.14. The molecule has 4 nitrogen and oxygen atoms in total. The number of halogens is 5. The van der Waals surface area contributed by atoms with E-state index in [1.165, 1.54) is 36.4 Å². The first-order chi connectivity index (χ1) is 14.7. The average Bonchev–Trinajstić information content (AvgIpc) is 2.73. The molecule has 0 unspecified atom stereocenters. The number of nitrogens with zero attached hydrogens (tertiary/aromatic N) is 2. The van der Waals surface area contributed by atoms with E-state index < -0.39 is 40.6 Å². The van der Waals surface area contributed by atoms with Crippen LogP contribution in [0, 0.1) is 23.0 Å². The Morgan fingerprint density at radius 1 is 1.10 bits per heavy atom. The molecule has 0 aliphatic rings. The van der Waals surface area contributed by atoms with Gasteiger partial charge in [-0.2, -0.15) is 18.4 Å². The molecule has 0 fully saturated rings.